The molecular weight excluding hydrogens is 352 g/mol. The molecule has 1 unspecified atom stereocenters. The number of aryl methyl sites for hydroxylation is 1. The van der Waals surface area contributed by atoms with E-state index in [1.54, 1.807) is 19.9 Å². The number of amides is 2. The van der Waals surface area contributed by atoms with Gasteiger partial charge in [0, 0.05) is 32.4 Å². The van der Waals surface area contributed by atoms with E-state index >= 15 is 0 Å². The molecule has 0 aliphatic carbocycles. The number of carbonyl (C=O) groups excluding carboxylic acids is 2. The Morgan fingerprint density at radius 3 is 2.54 bits per heavy atom. The smallest absolute Gasteiger partial charge is 0.238 e. The third kappa shape index (κ3) is 6.11. The SMILES string of the molecule is Cc1cc(NC(=O)C(C)SCC(=O)NCc2ccc(N(C)C)cc2)no1. The van der Waals surface area contributed by atoms with Crippen molar-refractivity contribution in [2.24, 2.45) is 0 Å². The Kier molecular flexibility index (Phi) is 7.08. The molecule has 0 radical (unpaired) electrons. The van der Waals surface area contributed by atoms with Crippen molar-refractivity contribution in [3.05, 3.63) is 41.7 Å². The molecule has 0 spiro atoms. The fourth-order valence-corrected chi connectivity index (χ4v) is 2.81. The Balaban J connectivity index is 1.71. The first-order valence-electron chi connectivity index (χ1n) is 8.24. The second-order valence-corrected chi connectivity index (χ2v) is 7.43. The van der Waals surface area contributed by atoms with E-state index in [0.29, 0.717) is 18.1 Å². The van der Waals surface area contributed by atoms with E-state index in [2.05, 4.69) is 15.8 Å². The highest BCUT2D eigenvalue weighted by Crippen LogP contribution is 2.15. The first-order chi connectivity index (χ1) is 12.3. The van der Waals surface area contributed by atoms with Gasteiger partial charge in [0.05, 0.1) is 11.0 Å². The number of hydrogen-bond donors (Lipinski definition) is 2. The Hall–Kier alpha value is -2.48. The average molecular weight is 376 g/mol. The molecule has 7 nitrogen and oxygen atoms in total. The van der Waals surface area contributed by atoms with Crippen LogP contribution in [-0.2, 0) is 16.1 Å². The maximum atomic E-state index is 12.1. The molecule has 1 aromatic heterocycles. The molecule has 8 heteroatoms. The Morgan fingerprint density at radius 2 is 1.96 bits per heavy atom. The van der Waals surface area contributed by atoms with Crippen LogP contribution in [-0.4, -0.2) is 42.1 Å². The summed E-state index contributed by atoms with van der Waals surface area (Å²) in [6.07, 6.45) is 0. The van der Waals surface area contributed by atoms with E-state index in [4.69, 9.17) is 4.52 Å². The van der Waals surface area contributed by atoms with Crippen LogP contribution in [0.15, 0.2) is 34.9 Å². The molecule has 1 heterocycles. The molecule has 140 valence electrons. The van der Waals surface area contributed by atoms with E-state index in [1.165, 1.54) is 11.8 Å². The maximum Gasteiger partial charge on any atom is 0.238 e. The summed E-state index contributed by atoms with van der Waals surface area (Å²) in [5, 5.41) is 8.86. The summed E-state index contributed by atoms with van der Waals surface area (Å²) < 4.78 is 4.90. The van der Waals surface area contributed by atoms with Crippen molar-refractivity contribution in [2.75, 3.05) is 30.1 Å². The Morgan fingerprint density at radius 1 is 1.27 bits per heavy atom. The van der Waals surface area contributed by atoms with Crippen LogP contribution in [0.2, 0.25) is 0 Å². The summed E-state index contributed by atoms with van der Waals surface area (Å²) in [6, 6.07) is 9.63. The van der Waals surface area contributed by atoms with Gasteiger partial charge in [0.1, 0.15) is 5.76 Å². The normalized spacial score (nSPS) is 11.7. The van der Waals surface area contributed by atoms with Crippen LogP contribution in [0.3, 0.4) is 0 Å². The number of nitrogens with one attached hydrogen (secondary N) is 2. The molecule has 0 saturated heterocycles. The fraction of sp³-hybridized carbons (Fsp3) is 0.389. The number of nitrogens with zero attached hydrogens (tertiary/aromatic N) is 2. The molecule has 2 aromatic rings. The fourth-order valence-electron chi connectivity index (χ4n) is 2.09. The number of rotatable bonds is 8. The first kappa shape index (κ1) is 19.8. The second kappa shape index (κ2) is 9.28. The molecule has 2 rings (SSSR count). The van der Waals surface area contributed by atoms with Gasteiger partial charge in [-0.1, -0.05) is 17.3 Å². The lowest BCUT2D eigenvalue weighted by Crippen LogP contribution is -2.28. The molecule has 2 amide bonds. The zero-order valence-electron chi connectivity index (χ0n) is 15.4. The predicted molar refractivity (Wildman–Crippen MR) is 104 cm³/mol. The third-order valence-electron chi connectivity index (χ3n) is 3.66. The lowest BCUT2D eigenvalue weighted by molar-refractivity contribution is -0.118. The summed E-state index contributed by atoms with van der Waals surface area (Å²) >= 11 is 1.27. The molecule has 26 heavy (non-hydrogen) atoms. The number of thioether (sulfide) groups is 1. The van der Waals surface area contributed by atoms with Gasteiger partial charge in [0.2, 0.25) is 11.8 Å². The van der Waals surface area contributed by atoms with Crippen molar-refractivity contribution >= 4 is 35.1 Å². The maximum absolute atomic E-state index is 12.1. The van der Waals surface area contributed by atoms with Gasteiger partial charge in [-0.15, -0.1) is 11.8 Å². The molecule has 1 aromatic carbocycles. The van der Waals surface area contributed by atoms with E-state index in [0.717, 1.165) is 11.3 Å². The molecule has 0 aliphatic heterocycles. The van der Waals surface area contributed by atoms with E-state index in [1.807, 2.05) is 43.3 Å². The van der Waals surface area contributed by atoms with Crippen LogP contribution >= 0.6 is 11.8 Å². The summed E-state index contributed by atoms with van der Waals surface area (Å²) in [5.74, 6) is 0.894. The monoisotopic (exact) mass is 376 g/mol. The van der Waals surface area contributed by atoms with Crippen LogP contribution in [0.5, 0.6) is 0 Å². The highest BCUT2D eigenvalue weighted by Gasteiger charge is 2.16. The standard InChI is InChI=1S/C18H24N4O3S/c1-12-9-16(21-25-12)20-18(24)13(2)26-11-17(23)19-10-14-5-7-15(8-6-14)22(3)4/h5-9,13H,10-11H2,1-4H3,(H,19,23)(H,20,21,24). The minimum Gasteiger partial charge on any atom is -0.378 e. The summed E-state index contributed by atoms with van der Waals surface area (Å²) in [6.45, 7) is 3.96. The van der Waals surface area contributed by atoms with Gasteiger partial charge in [-0.2, -0.15) is 0 Å². The zero-order valence-corrected chi connectivity index (χ0v) is 16.2. The van der Waals surface area contributed by atoms with Gasteiger partial charge >= 0.3 is 0 Å². The molecule has 0 aliphatic rings. The van der Waals surface area contributed by atoms with Crippen molar-refractivity contribution in [3.8, 4) is 0 Å². The van der Waals surface area contributed by atoms with Crippen LogP contribution in [0.4, 0.5) is 11.5 Å². The van der Waals surface area contributed by atoms with Gasteiger partial charge in [-0.25, -0.2) is 0 Å². The highest BCUT2D eigenvalue weighted by molar-refractivity contribution is 8.01. The summed E-state index contributed by atoms with van der Waals surface area (Å²) in [5.41, 5.74) is 2.14. The largest absolute Gasteiger partial charge is 0.378 e. The molecule has 0 saturated carbocycles. The van der Waals surface area contributed by atoms with Crippen LogP contribution in [0.1, 0.15) is 18.2 Å². The van der Waals surface area contributed by atoms with Crippen LogP contribution < -0.4 is 15.5 Å². The number of benzene rings is 1. The molecule has 0 bridgehead atoms. The van der Waals surface area contributed by atoms with Gasteiger partial charge in [0.15, 0.2) is 5.82 Å². The number of hydrogen-bond acceptors (Lipinski definition) is 6. The van der Waals surface area contributed by atoms with Gasteiger partial charge in [-0.3, -0.25) is 9.59 Å². The minimum atomic E-state index is -0.378. The topological polar surface area (TPSA) is 87.5 Å². The van der Waals surface area contributed by atoms with Crippen LogP contribution in [0, 0.1) is 6.92 Å². The summed E-state index contributed by atoms with van der Waals surface area (Å²) in [7, 11) is 3.96. The lowest BCUT2D eigenvalue weighted by Gasteiger charge is -2.13. The average Bonchev–Trinajstić information content (AvgIpc) is 3.02. The zero-order chi connectivity index (χ0) is 19.1. The van der Waals surface area contributed by atoms with Gasteiger partial charge in [-0.05, 0) is 31.5 Å². The minimum absolute atomic E-state index is 0.108. The molecule has 0 fully saturated rings. The third-order valence-corrected chi connectivity index (χ3v) is 4.80. The van der Waals surface area contributed by atoms with Crippen LogP contribution in [0.25, 0.3) is 0 Å². The quantitative estimate of drug-likeness (QED) is 0.736. The summed E-state index contributed by atoms with van der Waals surface area (Å²) in [4.78, 5) is 26.1. The Bertz CT molecular complexity index is 743. The van der Waals surface area contributed by atoms with E-state index in [9.17, 15) is 9.59 Å². The van der Waals surface area contributed by atoms with Gasteiger partial charge in [0.25, 0.3) is 0 Å². The van der Waals surface area contributed by atoms with E-state index in [-0.39, 0.29) is 22.8 Å². The molecule has 1 atom stereocenters. The Labute approximate surface area is 157 Å². The number of aromatic nitrogens is 1. The predicted octanol–water partition coefficient (Wildman–Crippen LogP) is 2.43. The highest BCUT2D eigenvalue weighted by atomic mass is 32.2. The van der Waals surface area contributed by atoms with Crippen molar-refractivity contribution < 1.29 is 14.1 Å². The van der Waals surface area contributed by atoms with Gasteiger partial charge < -0.3 is 20.1 Å². The number of carbonyl (C=O) groups is 2. The van der Waals surface area contributed by atoms with Crippen molar-refractivity contribution in [1.29, 1.82) is 0 Å². The molecule has 2 N–H and O–H groups in total. The van der Waals surface area contributed by atoms with E-state index < -0.39 is 0 Å². The number of anilines is 2. The first-order valence-corrected chi connectivity index (χ1v) is 9.29. The lowest BCUT2D eigenvalue weighted by atomic mass is 10.2. The van der Waals surface area contributed by atoms with Crippen molar-refractivity contribution in [3.63, 3.8) is 0 Å². The second-order valence-electron chi connectivity index (χ2n) is 6.10. The van der Waals surface area contributed by atoms with Crippen molar-refractivity contribution in [2.45, 2.75) is 25.6 Å². The molecular formula is C18H24N4O3S. The van der Waals surface area contributed by atoms with Crippen molar-refractivity contribution in [1.82, 2.24) is 10.5 Å².